The van der Waals surface area contributed by atoms with Crippen molar-refractivity contribution in [1.29, 1.82) is 0 Å². The lowest BCUT2D eigenvalue weighted by atomic mass is 10.2. The molecule has 0 aromatic carbocycles. The predicted octanol–water partition coefficient (Wildman–Crippen LogP) is 3.61. The average Bonchev–Trinajstić information content (AvgIpc) is 2.80. The molecule has 120 valence electrons. The van der Waals surface area contributed by atoms with Crippen LogP contribution < -0.4 is 5.32 Å². The topological polar surface area (TPSA) is 56.2 Å². The van der Waals surface area contributed by atoms with Gasteiger partial charge in [0.1, 0.15) is 5.60 Å². The molecular weight excluding hydrogens is 286 g/mol. The molecule has 5 nitrogen and oxygen atoms in total. The zero-order valence-corrected chi connectivity index (χ0v) is 14.5. The van der Waals surface area contributed by atoms with E-state index >= 15 is 0 Å². The summed E-state index contributed by atoms with van der Waals surface area (Å²) in [6.45, 7) is 8.43. The van der Waals surface area contributed by atoms with Gasteiger partial charge in [-0.05, 0) is 52.5 Å². The van der Waals surface area contributed by atoms with Gasteiger partial charge in [-0.2, -0.15) is 11.8 Å². The van der Waals surface area contributed by atoms with E-state index in [2.05, 4.69) is 21.1 Å². The van der Waals surface area contributed by atoms with Gasteiger partial charge in [0.25, 0.3) is 0 Å². The van der Waals surface area contributed by atoms with E-state index in [0.29, 0.717) is 0 Å². The third-order valence-electron chi connectivity index (χ3n) is 2.92. The molecular formula is C15H27N3O2S. The van der Waals surface area contributed by atoms with Crippen LogP contribution in [0.2, 0.25) is 0 Å². The molecule has 0 spiro atoms. The average molecular weight is 313 g/mol. The number of nitrogens with one attached hydrogen (secondary N) is 1. The van der Waals surface area contributed by atoms with Gasteiger partial charge < -0.3 is 14.6 Å². The summed E-state index contributed by atoms with van der Waals surface area (Å²) in [5, 5.41) is 2.85. The first kappa shape index (κ1) is 17.9. The maximum Gasteiger partial charge on any atom is 0.408 e. The van der Waals surface area contributed by atoms with Gasteiger partial charge in [0, 0.05) is 6.54 Å². The van der Waals surface area contributed by atoms with Gasteiger partial charge in [-0.3, -0.25) is 0 Å². The lowest BCUT2D eigenvalue weighted by Gasteiger charge is -2.22. The Balaban J connectivity index is 2.52. The summed E-state index contributed by atoms with van der Waals surface area (Å²) in [7, 11) is 0. The van der Waals surface area contributed by atoms with Gasteiger partial charge in [0.2, 0.25) is 0 Å². The SMILES string of the molecule is CSCCCCn1cncc1[C@H](C)NC(=O)OC(C)(C)C. The fourth-order valence-corrected chi connectivity index (χ4v) is 2.46. The molecule has 0 unspecified atom stereocenters. The van der Waals surface area contributed by atoms with Crippen LogP contribution in [0.1, 0.15) is 52.3 Å². The van der Waals surface area contributed by atoms with Crippen LogP contribution in [0.3, 0.4) is 0 Å². The number of carbonyl (C=O) groups excluding carboxylic acids is 1. The van der Waals surface area contributed by atoms with Crippen LogP contribution in [0.25, 0.3) is 0 Å². The van der Waals surface area contributed by atoms with Crippen molar-refractivity contribution in [3.63, 3.8) is 0 Å². The predicted molar refractivity (Wildman–Crippen MR) is 87.6 cm³/mol. The highest BCUT2D eigenvalue weighted by Gasteiger charge is 2.19. The summed E-state index contributed by atoms with van der Waals surface area (Å²) >= 11 is 1.86. The number of thioether (sulfide) groups is 1. The van der Waals surface area contributed by atoms with Gasteiger partial charge in [-0.25, -0.2) is 9.78 Å². The molecule has 0 radical (unpaired) electrons. The zero-order chi connectivity index (χ0) is 15.9. The minimum absolute atomic E-state index is 0.122. The Kier molecular flexibility index (Phi) is 7.08. The Morgan fingerprint density at radius 1 is 1.48 bits per heavy atom. The van der Waals surface area contributed by atoms with E-state index in [1.54, 1.807) is 6.20 Å². The number of aromatic nitrogens is 2. The Labute approximate surface area is 131 Å². The maximum absolute atomic E-state index is 11.8. The summed E-state index contributed by atoms with van der Waals surface area (Å²) in [5.74, 6) is 1.18. The van der Waals surface area contributed by atoms with Crippen molar-refractivity contribution in [3.8, 4) is 0 Å². The molecule has 0 aliphatic heterocycles. The minimum atomic E-state index is -0.484. The van der Waals surface area contributed by atoms with Gasteiger partial charge >= 0.3 is 6.09 Å². The van der Waals surface area contributed by atoms with Crippen LogP contribution in [0.5, 0.6) is 0 Å². The summed E-state index contributed by atoms with van der Waals surface area (Å²) in [4.78, 5) is 16.0. The molecule has 0 saturated carbocycles. The highest BCUT2D eigenvalue weighted by molar-refractivity contribution is 7.98. The van der Waals surface area contributed by atoms with Crippen LogP contribution >= 0.6 is 11.8 Å². The molecule has 0 aliphatic carbocycles. The number of carbonyl (C=O) groups is 1. The van der Waals surface area contributed by atoms with Crippen LogP contribution in [0.4, 0.5) is 4.79 Å². The second-order valence-electron chi connectivity index (χ2n) is 6.08. The third kappa shape index (κ3) is 6.89. The summed E-state index contributed by atoms with van der Waals surface area (Å²) in [5.41, 5.74) is 0.520. The number of hydrogen-bond donors (Lipinski definition) is 1. The molecule has 1 aromatic heterocycles. The fourth-order valence-electron chi connectivity index (χ4n) is 1.97. The first-order valence-corrected chi connectivity index (χ1v) is 8.71. The highest BCUT2D eigenvalue weighted by Crippen LogP contribution is 2.15. The quantitative estimate of drug-likeness (QED) is 0.781. The molecule has 1 N–H and O–H groups in total. The van der Waals surface area contributed by atoms with Gasteiger partial charge in [-0.1, -0.05) is 0 Å². The van der Waals surface area contributed by atoms with E-state index in [-0.39, 0.29) is 6.04 Å². The lowest BCUT2D eigenvalue weighted by Crippen LogP contribution is -2.34. The van der Waals surface area contributed by atoms with E-state index in [0.717, 1.165) is 18.7 Å². The number of hydrogen-bond acceptors (Lipinski definition) is 4. The third-order valence-corrected chi connectivity index (χ3v) is 3.62. The Hall–Kier alpha value is -1.17. The number of rotatable bonds is 7. The van der Waals surface area contributed by atoms with E-state index in [4.69, 9.17) is 4.74 Å². The van der Waals surface area contributed by atoms with Crippen LogP contribution in [0.15, 0.2) is 12.5 Å². The van der Waals surface area contributed by atoms with E-state index in [1.165, 1.54) is 12.2 Å². The molecule has 1 amide bonds. The summed E-state index contributed by atoms with van der Waals surface area (Å²) in [6.07, 6.45) is 7.65. The van der Waals surface area contributed by atoms with Crippen LogP contribution in [-0.2, 0) is 11.3 Å². The number of alkyl carbamates (subject to hydrolysis) is 1. The molecule has 6 heteroatoms. The van der Waals surface area contributed by atoms with Gasteiger partial charge in [-0.15, -0.1) is 0 Å². The summed E-state index contributed by atoms with van der Waals surface area (Å²) in [6, 6.07) is -0.122. The molecule has 0 fully saturated rings. The van der Waals surface area contributed by atoms with E-state index < -0.39 is 11.7 Å². The molecule has 0 bridgehead atoms. The van der Waals surface area contributed by atoms with Crippen LogP contribution in [0, 0.1) is 0 Å². The van der Waals surface area contributed by atoms with Crippen molar-refractivity contribution < 1.29 is 9.53 Å². The zero-order valence-electron chi connectivity index (χ0n) is 13.7. The van der Waals surface area contributed by atoms with Crippen molar-refractivity contribution in [2.45, 2.75) is 58.7 Å². The normalized spacial score (nSPS) is 13.0. The monoisotopic (exact) mass is 313 g/mol. The second-order valence-corrected chi connectivity index (χ2v) is 7.07. The molecule has 1 rings (SSSR count). The number of imidazole rings is 1. The number of ether oxygens (including phenoxy) is 1. The molecule has 0 saturated heterocycles. The standard InChI is InChI=1S/C15H27N3O2S/c1-12(17-14(19)20-15(2,3)4)13-10-16-11-18(13)8-6-7-9-21-5/h10-12H,6-9H2,1-5H3,(H,17,19)/t12-/m0/s1. The molecule has 21 heavy (non-hydrogen) atoms. The van der Waals surface area contributed by atoms with E-state index in [9.17, 15) is 4.79 Å². The van der Waals surface area contributed by atoms with Crippen LogP contribution in [-0.4, -0.2) is 33.3 Å². The van der Waals surface area contributed by atoms with E-state index in [1.807, 2.05) is 45.8 Å². The summed E-state index contributed by atoms with van der Waals surface area (Å²) < 4.78 is 7.38. The number of amides is 1. The largest absolute Gasteiger partial charge is 0.444 e. The van der Waals surface area contributed by atoms with Gasteiger partial charge in [0.05, 0.1) is 24.3 Å². The molecule has 0 aliphatic rings. The maximum atomic E-state index is 11.8. The number of nitrogens with zero attached hydrogens (tertiary/aromatic N) is 2. The molecule has 1 aromatic rings. The Morgan fingerprint density at radius 3 is 2.81 bits per heavy atom. The van der Waals surface area contributed by atoms with Crippen molar-refractivity contribution in [1.82, 2.24) is 14.9 Å². The second kappa shape index (κ2) is 8.32. The highest BCUT2D eigenvalue weighted by atomic mass is 32.2. The first-order valence-electron chi connectivity index (χ1n) is 7.32. The van der Waals surface area contributed by atoms with Crippen molar-refractivity contribution in [3.05, 3.63) is 18.2 Å². The Bertz CT molecular complexity index is 440. The number of aryl methyl sites for hydroxylation is 1. The minimum Gasteiger partial charge on any atom is -0.444 e. The number of unbranched alkanes of at least 4 members (excludes halogenated alkanes) is 1. The smallest absolute Gasteiger partial charge is 0.408 e. The Morgan fingerprint density at radius 2 is 2.19 bits per heavy atom. The molecule has 1 heterocycles. The lowest BCUT2D eigenvalue weighted by molar-refractivity contribution is 0.0506. The van der Waals surface area contributed by atoms with Gasteiger partial charge in [0.15, 0.2) is 0 Å². The fraction of sp³-hybridized carbons (Fsp3) is 0.733. The molecule has 1 atom stereocenters. The van der Waals surface area contributed by atoms with Crippen molar-refractivity contribution in [2.24, 2.45) is 0 Å². The van der Waals surface area contributed by atoms with Crippen molar-refractivity contribution >= 4 is 17.9 Å². The van der Waals surface area contributed by atoms with Crippen molar-refractivity contribution in [2.75, 3.05) is 12.0 Å². The first-order chi connectivity index (χ1) is 9.83.